The maximum atomic E-state index is 7.07. The van der Waals surface area contributed by atoms with Gasteiger partial charge in [0.2, 0.25) is 0 Å². The Balaban J connectivity index is 1.69. The fourth-order valence-corrected chi connectivity index (χ4v) is 17.2. The van der Waals surface area contributed by atoms with E-state index in [2.05, 4.69) is 86.9 Å². The van der Waals surface area contributed by atoms with Gasteiger partial charge in [-0.25, -0.2) is 0 Å². The summed E-state index contributed by atoms with van der Waals surface area (Å²) in [7, 11) is 0. The molecule has 0 heterocycles. The summed E-state index contributed by atoms with van der Waals surface area (Å²) >= 11 is 3.69. The lowest BCUT2D eigenvalue weighted by molar-refractivity contribution is 0.258. The molecule has 0 aromatic heterocycles. The van der Waals surface area contributed by atoms with Crippen molar-refractivity contribution < 1.29 is 28.4 Å². The minimum atomic E-state index is 0.663. The van der Waals surface area contributed by atoms with Crippen LogP contribution in [0.2, 0.25) is 0 Å². The lowest BCUT2D eigenvalue weighted by atomic mass is 9.93. The van der Waals surface area contributed by atoms with Crippen LogP contribution in [0.25, 0.3) is 32.3 Å². The summed E-state index contributed by atoms with van der Waals surface area (Å²) in [6.45, 7) is 15.7. The molecule has 4 aromatic rings. The first-order chi connectivity index (χ1) is 55.1. The van der Waals surface area contributed by atoms with Crippen molar-refractivity contribution >= 4 is 48.2 Å². The molecule has 0 amide bonds. The van der Waals surface area contributed by atoms with E-state index in [9.17, 15) is 0 Å². The zero-order valence-electron chi connectivity index (χ0n) is 74.6. The van der Waals surface area contributed by atoms with Gasteiger partial charge in [0.25, 0.3) is 0 Å². The number of rotatable bonds is 87. The number of benzene rings is 4. The highest BCUT2D eigenvalue weighted by Crippen LogP contribution is 2.48. The van der Waals surface area contributed by atoms with Crippen LogP contribution in [-0.4, -0.2) is 45.0 Å². The second kappa shape index (κ2) is 75.7. The minimum Gasteiger partial charge on any atom is -0.490 e. The molecule has 0 unspecified atom stereocenters. The Labute approximate surface area is 697 Å². The van der Waals surface area contributed by atoms with Crippen LogP contribution in [-0.2, 0) is 0 Å². The quantitative estimate of drug-likeness (QED) is 0.0249. The number of fused-ring (bicyclic) bond motifs is 6. The largest absolute Gasteiger partial charge is 0.490 e. The molecule has 0 saturated heterocycles. The van der Waals surface area contributed by atoms with E-state index in [1.54, 1.807) is 0 Å². The predicted octanol–water partition coefficient (Wildman–Crippen LogP) is 36.8. The van der Waals surface area contributed by atoms with Gasteiger partial charge >= 0.3 is 0 Å². The van der Waals surface area contributed by atoms with Gasteiger partial charge in [-0.05, 0) is 114 Å². The Kier molecular flexibility index (Phi) is 68.4. The highest BCUT2D eigenvalue weighted by atomic mass is 79.9. The summed E-state index contributed by atoms with van der Waals surface area (Å²) in [4.78, 5) is 0. The van der Waals surface area contributed by atoms with Crippen molar-refractivity contribution in [2.45, 2.75) is 510 Å². The Hall–Kier alpha value is -3.06. The third-order valence-electron chi connectivity index (χ3n) is 24.2. The van der Waals surface area contributed by atoms with Crippen molar-refractivity contribution in [1.29, 1.82) is 0 Å². The molecule has 0 aliphatic heterocycles. The van der Waals surface area contributed by atoms with Crippen LogP contribution < -0.4 is 28.4 Å². The van der Waals surface area contributed by atoms with Crippen molar-refractivity contribution in [3.8, 4) is 34.5 Å². The number of hydrogen-bond acceptors (Lipinski definition) is 6. The molecule has 642 valence electrons. The normalized spacial score (nSPS) is 11.7. The van der Waals surface area contributed by atoms with Crippen molar-refractivity contribution in [2.24, 2.45) is 0 Å². The van der Waals surface area contributed by atoms with Crippen molar-refractivity contribution in [2.75, 3.05) is 45.0 Å². The van der Waals surface area contributed by atoms with E-state index in [0.29, 0.717) is 39.6 Å². The molecular formula is C104H183BrO6. The molecule has 111 heavy (non-hydrogen) atoms. The van der Waals surface area contributed by atoms with Crippen molar-refractivity contribution in [3.63, 3.8) is 0 Å². The van der Waals surface area contributed by atoms with Gasteiger partial charge in [-0.1, -0.05) is 481 Å². The molecule has 0 fully saturated rings. The second-order valence-corrected chi connectivity index (χ2v) is 35.5. The summed E-state index contributed by atoms with van der Waals surface area (Å²) in [6, 6.07) is 14.0. The molecule has 0 radical (unpaired) electrons. The molecule has 0 N–H and O–H groups in total. The molecule has 6 nitrogen and oxygen atoms in total. The van der Waals surface area contributed by atoms with Crippen molar-refractivity contribution in [1.82, 2.24) is 0 Å². The first-order valence-electron chi connectivity index (χ1n) is 50.0. The molecule has 0 aliphatic rings. The summed E-state index contributed by atoms with van der Waals surface area (Å²) in [6.07, 6.45) is 98.4. The molecule has 4 aromatic carbocycles. The third kappa shape index (κ3) is 52.4. The SMILES string of the molecule is CCCCCCCCCCCCCCCCOc1cc2c(cc1OCCCCCCBr)c1cc(OCCCCCCCCCCCCCCCC)c(OCCCCCCCCCCCCCCCC)cc1c1cc(OCCCCCCCCCCCCCCCC)c(OCCCCCCCCCCCCCCCC)cc21. The molecule has 4 rings (SSSR count). The Morgan fingerprint density at radius 3 is 0.351 bits per heavy atom. The average molecular weight is 1610 g/mol. The molecule has 0 bridgehead atoms. The van der Waals surface area contributed by atoms with Crippen LogP contribution in [0.5, 0.6) is 34.5 Å². The zero-order chi connectivity index (χ0) is 78.7. The Morgan fingerprint density at radius 2 is 0.243 bits per heavy atom. The summed E-state index contributed by atoms with van der Waals surface area (Å²) in [5.41, 5.74) is 0. The van der Waals surface area contributed by atoms with Crippen LogP contribution in [0.4, 0.5) is 0 Å². The second-order valence-electron chi connectivity index (χ2n) is 34.7. The van der Waals surface area contributed by atoms with E-state index in [1.165, 1.54) is 430 Å². The minimum absolute atomic E-state index is 0.663. The molecule has 0 atom stereocenters. The first-order valence-corrected chi connectivity index (χ1v) is 51.1. The lowest BCUT2D eigenvalue weighted by Gasteiger charge is -2.21. The summed E-state index contributed by atoms with van der Waals surface area (Å²) < 4.78 is 42.3. The number of alkyl halides is 1. The zero-order valence-corrected chi connectivity index (χ0v) is 76.2. The summed E-state index contributed by atoms with van der Waals surface area (Å²) in [5, 5.41) is 8.01. The number of unbranched alkanes of at least 4 members (excludes halogenated alkanes) is 68. The standard InChI is InChI=1S/C104H183BrO6/c1-6-11-16-21-26-31-36-41-46-51-56-61-67-74-81-106-99-87-93-94-88-100(107-82-75-68-62-57-52-47-42-37-32-27-22-17-12-7-2)102(109-84-77-70-64-59-54-49-44-39-34-29-24-19-14-9-4)90-96(94)98-92-104(111-86-79-72-66-73-80-105)103(110-85-78-71-65-60-55-50-45-40-35-30-25-20-15-10-5)91-97(98)95(93)89-101(99)108-83-76-69-63-58-53-48-43-38-33-28-23-18-13-8-3/h87-92H,6-86H2,1-5H3. The molecule has 0 aliphatic carbocycles. The van der Waals surface area contributed by atoms with Gasteiger partial charge < -0.3 is 28.4 Å². The fraction of sp³-hybridized carbons (Fsp3) is 0.827. The molecule has 0 saturated carbocycles. The van der Waals surface area contributed by atoms with Gasteiger partial charge in [0, 0.05) is 5.33 Å². The van der Waals surface area contributed by atoms with Crippen LogP contribution in [0, 0.1) is 0 Å². The van der Waals surface area contributed by atoms with E-state index >= 15 is 0 Å². The lowest BCUT2D eigenvalue weighted by Crippen LogP contribution is -2.05. The maximum absolute atomic E-state index is 7.07. The topological polar surface area (TPSA) is 55.4 Å². The average Bonchev–Trinajstić information content (AvgIpc) is 0.727. The highest BCUT2D eigenvalue weighted by Gasteiger charge is 2.21. The smallest absolute Gasteiger partial charge is 0.161 e. The van der Waals surface area contributed by atoms with Gasteiger partial charge in [-0.3, -0.25) is 0 Å². The van der Waals surface area contributed by atoms with Gasteiger partial charge in [0.15, 0.2) is 34.5 Å². The Bertz CT molecular complexity index is 2600. The van der Waals surface area contributed by atoms with Gasteiger partial charge in [-0.2, -0.15) is 0 Å². The van der Waals surface area contributed by atoms with Gasteiger partial charge in [0.1, 0.15) is 0 Å². The van der Waals surface area contributed by atoms with E-state index < -0.39 is 0 Å². The van der Waals surface area contributed by atoms with E-state index in [0.717, 1.165) is 117 Å². The third-order valence-corrected chi connectivity index (χ3v) is 24.7. The van der Waals surface area contributed by atoms with Crippen LogP contribution in [0.15, 0.2) is 36.4 Å². The number of ether oxygens (including phenoxy) is 6. The van der Waals surface area contributed by atoms with E-state index in [4.69, 9.17) is 28.4 Å². The van der Waals surface area contributed by atoms with Crippen LogP contribution in [0.1, 0.15) is 510 Å². The van der Waals surface area contributed by atoms with E-state index in [1.807, 2.05) is 0 Å². The number of halogens is 1. The first kappa shape index (κ1) is 100. The van der Waals surface area contributed by atoms with Gasteiger partial charge in [-0.15, -0.1) is 0 Å². The molecular weight excluding hydrogens is 1430 g/mol. The molecule has 0 spiro atoms. The predicted molar refractivity (Wildman–Crippen MR) is 496 cm³/mol. The monoisotopic (exact) mass is 1610 g/mol. The molecule has 7 heteroatoms. The maximum Gasteiger partial charge on any atom is 0.161 e. The van der Waals surface area contributed by atoms with E-state index in [-0.39, 0.29) is 0 Å². The van der Waals surface area contributed by atoms with Crippen LogP contribution in [0.3, 0.4) is 0 Å². The van der Waals surface area contributed by atoms with Crippen LogP contribution >= 0.6 is 15.9 Å². The summed E-state index contributed by atoms with van der Waals surface area (Å²) in [5.74, 6) is 5.14. The number of hydrogen-bond donors (Lipinski definition) is 0. The fourth-order valence-electron chi connectivity index (χ4n) is 16.8. The van der Waals surface area contributed by atoms with Gasteiger partial charge in [0.05, 0.1) is 39.6 Å². The highest BCUT2D eigenvalue weighted by molar-refractivity contribution is 9.09. The van der Waals surface area contributed by atoms with Crippen molar-refractivity contribution in [3.05, 3.63) is 36.4 Å². The Morgan fingerprint density at radius 1 is 0.144 bits per heavy atom.